The van der Waals surface area contributed by atoms with E-state index >= 15 is 0 Å². The summed E-state index contributed by atoms with van der Waals surface area (Å²) in [5.41, 5.74) is 5.29. The molecular formula is C27H29N3O2. The lowest BCUT2D eigenvalue weighted by atomic mass is 10.1. The van der Waals surface area contributed by atoms with Crippen LogP contribution in [0.1, 0.15) is 35.3 Å². The van der Waals surface area contributed by atoms with Gasteiger partial charge in [0.05, 0.1) is 0 Å². The Morgan fingerprint density at radius 2 is 1.66 bits per heavy atom. The van der Waals surface area contributed by atoms with E-state index in [2.05, 4.69) is 30.1 Å². The molecule has 0 spiro atoms. The second-order valence-corrected chi connectivity index (χ2v) is 8.05. The van der Waals surface area contributed by atoms with Crippen LogP contribution in [0.25, 0.3) is 0 Å². The molecule has 0 aromatic heterocycles. The van der Waals surface area contributed by atoms with Crippen LogP contribution in [0.5, 0.6) is 0 Å². The van der Waals surface area contributed by atoms with Crippen LogP contribution >= 0.6 is 0 Å². The number of benzene rings is 3. The molecule has 3 aromatic carbocycles. The van der Waals surface area contributed by atoms with E-state index < -0.39 is 6.04 Å². The Balaban J connectivity index is 1.61. The summed E-state index contributed by atoms with van der Waals surface area (Å²) in [5.74, 6) is -0.339. The average molecular weight is 428 g/mol. The first-order valence-electron chi connectivity index (χ1n) is 11.2. The van der Waals surface area contributed by atoms with E-state index in [4.69, 9.17) is 0 Å². The number of carbonyl (C=O) groups excluding carboxylic acids is 2. The predicted molar refractivity (Wildman–Crippen MR) is 131 cm³/mol. The van der Waals surface area contributed by atoms with E-state index in [1.165, 1.54) is 0 Å². The molecule has 4 rings (SSSR count). The van der Waals surface area contributed by atoms with E-state index in [1.54, 1.807) is 17.0 Å². The first-order valence-corrected chi connectivity index (χ1v) is 11.2. The summed E-state index contributed by atoms with van der Waals surface area (Å²) >= 11 is 0. The van der Waals surface area contributed by atoms with Crippen molar-refractivity contribution in [3.05, 3.63) is 89.5 Å². The number of para-hydroxylation sites is 1. The van der Waals surface area contributed by atoms with Gasteiger partial charge in [0.15, 0.2) is 0 Å². The highest BCUT2D eigenvalue weighted by Crippen LogP contribution is 2.34. The number of amides is 2. The van der Waals surface area contributed by atoms with Crippen molar-refractivity contribution in [3.8, 4) is 0 Å². The molecule has 1 heterocycles. The van der Waals surface area contributed by atoms with E-state index in [9.17, 15) is 9.59 Å². The standard InChI is InChI=1S/C27H29N3O2/c1-4-29(5-2)22-15-16-23(19(3)17-22)28-26(31)25-18-21-13-9-10-14-24(21)30(25)27(32)20-11-7-6-8-12-20/h6-17,25H,4-5,18H2,1-3H3,(H,28,31)/t25-/m0/s1. The number of carbonyl (C=O) groups is 2. The quantitative estimate of drug-likeness (QED) is 0.599. The van der Waals surface area contributed by atoms with Gasteiger partial charge in [0, 0.05) is 42.1 Å². The van der Waals surface area contributed by atoms with Gasteiger partial charge in [0.1, 0.15) is 6.04 Å². The Bertz CT molecular complexity index is 1120. The van der Waals surface area contributed by atoms with Crippen LogP contribution in [0, 0.1) is 6.92 Å². The Labute approximate surface area is 189 Å². The van der Waals surface area contributed by atoms with Gasteiger partial charge in [-0.25, -0.2) is 0 Å². The van der Waals surface area contributed by atoms with Crippen molar-refractivity contribution in [3.63, 3.8) is 0 Å². The van der Waals surface area contributed by atoms with Crippen molar-refractivity contribution in [2.75, 3.05) is 28.2 Å². The smallest absolute Gasteiger partial charge is 0.259 e. The highest BCUT2D eigenvalue weighted by molar-refractivity contribution is 6.13. The van der Waals surface area contributed by atoms with Crippen molar-refractivity contribution in [2.45, 2.75) is 33.2 Å². The number of aryl methyl sites for hydroxylation is 1. The van der Waals surface area contributed by atoms with Crippen LogP contribution in [0.3, 0.4) is 0 Å². The molecule has 5 nitrogen and oxygen atoms in total. The molecule has 1 N–H and O–H groups in total. The van der Waals surface area contributed by atoms with Gasteiger partial charge in [-0.15, -0.1) is 0 Å². The SMILES string of the molecule is CCN(CC)c1ccc(NC(=O)[C@@H]2Cc3ccccc3N2C(=O)c2ccccc2)c(C)c1. The fraction of sp³-hybridized carbons (Fsp3) is 0.259. The average Bonchev–Trinajstić information content (AvgIpc) is 3.21. The molecule has 5 heteroatoms. The maximum atomic E-state index is 13.4. The molecule has 3 aromatic rings. The molecule has 2 amide bonds. The Hall–Kier alpha value is -3.60. The lowest BCUT2D eigenvalue weighted by molar-refractivity contribution is -0.117. The maximum absolute atomic E-state index is 13.4. The van der Waals surface area contributed by atoms with Crippen LogP contribution in [0.15, 0.2) is 72.8 Å². The highest BCUT2D eigenvalue weighted by atomic mass is 16.2. The molecule has 1 aliphatic heterocycles. The van der Waals surface area contributed by atoms with Crippen molar-refractivity contribution < 1.29 is 9.59 Å². The van der Waals surface area contributed by atoms with E-state index in [1.807, 2.05) is 61.5 Å². The Morgan fingerprint density at radius 1 is 0.969 bits per heavy atom. The molecule has 1 atom stereocenters. The molecule has 32 heavy (non-hydrogen) atoms. The number of hydrogen-bond acceptors (Lipinski definition) is 3. The number of nitrogens with one attached hydrogen (secondary N) is 1. The lowest BCUT2D eigenvalue weighted by Crippen LogP contribution is -2.45. The van der Waals surface area contributed by atoms with Gasteiger partial charge in [0.25, 0.3) is 5.91 Å². The first kappa shape index (κ1) is 21.6. The third-order valence-electron chi connectivity index (χ3n) is 6.11. The second kappa shape index (κ2) is 9.27. The largest absolute Gasteiger partial charge is 0.372 e. The van der Waals surface area contributed by atoms with Crippen molar-refractivity contribution in [1.82, 2.24) is 0 Å². The Kier molecular flexibility index (Phi) is 6.26. The minimum atomic E-state index is -0.595. The summed E-state index contributed by atoms with van der Waals surface area (Å²) < 4.78 is 0. The fourth-order valence-electron chi connectivity index (χ4n) is 4.36. The van der Waals surface area contributed by atoms with Crippen LogP contribution in [0.2, 0.25) is 0 Å². The molecule has 0 unspecified atom stereocenters. The predicted octanol–water partition coefficient (Wildman–Crippen LogP) is 5.05. The van der Waals surface area contributed by atoms with Gasteiger partial charge < -0.3 is 10.2 Å². The summed E-state index contributed by atoms with van der Waals surface area (Å²) in [6.07, 6.45) is 0.497. The first-order chi connectivity index (χ1) is 15.5. The zero-order valence-corrected chi connectivity index (χ0v) is 18.8. The zero-order chi connectivity index (χ0) is 22.7. The van der Waals surface area contributed by atoms with Crippen molar-refractivity contribution in [1.29, 1.82) is 0 Å². The summed E-state index contributed by atoms with van der Waals surface area (Å²) in [4.78, 5) is 30.7. The Morgan fingerprint density at radius 3 is 2.34 bits per heavy atom. The number of rotatable bonds is 6. The summed E-state index contributed by atoms with van der Waals surface area (Å²) in [6.45, 7) is 8.12. The van der Waals surface area contributed by atoms with Crippen LogP contribution < -0.4 is 15.1 Å². The fourth-order valence-corrected chi connectivity index (χ4v) is 4.36. The van der Waals surface area contributed by atoms with E-state index in [0.717, 1.165) is 41.3 Å². The number of anilines is 3. The van der Waals surface area contributed by atoms with Gasteiger partial charge in [-0.1, -0.05) is 36.4 Å². The maximum Gasteiger partial charge on any atom is 0.259 e. The summed E-state index contributed by atoms with van der Waals surface area (Å²) in [5, 5.41) is 3.07. The molecule has 0 aliphatic carbocycles. The molecule has 0 saturated carbocycles. The molecule has 0 saturated heterocycles. The minimum absolute atomic E-state index is 0.163. The van der Waals surface area contributed by atoms with E-state index in [-0.39, 0.29) is 11.8 Å². The molecule has 0 radical (unpaired) electrons. The molecule has 0 fully saturated rings. The number of fused-ring (bicyclic) bond motifs is 1. The molecular weight excluding hydrogens is 398 g/mol. The minimum Gasteiger partial charge on any atom is -0.372 e. The third kappa shape index (κ3) is 4.11. The van der Waals surface area contributed by atoms with Gasteiger partial charge in [-0.05, 0) is 68.3 Å². The van der Waals surface area contributed by atoms with Crippen LogP contribution in [-0.2, 0) is 11.2 Å². The van der Waals surface area contributed by atoms with Gasteiger partial charge in [-0.2, -0.15) is 0 Å². The number of nitrogens with zero attached hydrogens (tertiary/aromatic N) is 2. The highest BCUT2D eigenvalue weighted by Gasteiger charge is 2.38. The molecule has 164 valence electrons. The zero-order valence-electron chi connectivity index (χ0n) is 18.8. The van der Waals surface area contributed by atoms with Crippen LogP contribution in [-0.4, -0.2) is 30.9 Å². The number of hydrogen-bond donors (Lipinski definition) is 1. The van der Waals surface area contributed by atoms with Crippen molar-refractivity contribution >= 4 is 28.9 Å². The third-order valence-corrected chi connectivity index (χ3v) is 6.11. The summed E-state index contributed by atoms with van der Waals surface area (Å²) in [7, 11) is 0. The van der Waals surface area contributed by atoms with E-state index in [0.29, 0.717) is 12.0 Å². The normalized spacial score (nSPS) is 14.7. The second-order valence-electron chi connectivity index (χ2n) is 8.05. The monoisotopic (exact) mass is 427 g/mol. The molecule has 1 aliphatic rings. The van der Waals surface area contributed by atoms with Gasteiger partial charge in [-0.3, -0.25) is 14.5 Å². The van der Waals surface area contributed by atoms with Crippen molar-refractivity contribution in [2.24, 2.45) is 0 Å². The van der Waals surface area contributed by atoms with Gasteiger partial charge >= 0.3 is 0 Å². The molecule has 0 bridgehead atoms. The topological polar surface area (TPSA) is 52.7 Å². The van der Waals surface area contributed by atoms with Gasteiger partial charge in [0.2, 0.25) is 5.91 Å². The lowest BCUT2D eigenvalue weighted by Gasteiger charge is -2.26. The summed E-state index contributed by atoms with van der Waals surface area (Å²) in [6, 6.07) is 22.4. The van der Waals surface area contributed by atoms with Crippen LogP contribution in [0.4, 0.5) is 17.1 Å².